The molecule has 0 spiro atoms. The highest BCUT2D eigenvalue weighted by Gasteiger charge is 2.70. The van der Waals surface area contributed by atoms with Gasteiger partial charge in [-0.15, -0.1) is 12.4 Å². The first-order chi connectivity index (χ1) is 6.08. The van der Waals surface area contributed by atoms with Crippen LogP contribution in [-0.4, -0.2) is 41.0 Å². The van der Waals surface area contributed by atoms with Crippen molar-refractivity contribution in [2.24, 2.45) is 11.1 Å². The number of fused-ring (bicyclic) bond motifs is 1. The SMILES string of the molecule is Cl.NCC12CC(C(=O)O)(C1)C(CO)O2. The van der Waals surface area contributed by atoms with Gasteiger partial charge in [-0.2, -0.15) is 0 Å². The van der Waals surface area contributed by atoms with Crippen LogP contribution in [0.1, 0.15) is 12.8 Å². The highest BCUT2D eigenvalue weighted by atomic mass is 35.5. The molecule has 82 valence electrons. The molecule has 4 N–H and O–H groups in total. The van der Waals surface area contributed by atoms with E-state index in [0.29, 0.717) is 19.4 Å². The maximum Gasteiger partial charge on any atom is 0.312 e. The lowest BCUT2D eigenvalue weighted by Crippen LogP contribution is -2.53. The van der Waals surface area contributed by atoms with Crippen molar-refractivity contribution in [3.63, 3.8) is 0 Å². The number of ether oxygens (including phenoxy) is 1. The molecule has 0 radical (unpaired) electrons. The number of carbonyl (C=O) groups is 1. The summed E-state index contributed by atoms with van der Waals surface area (Å²) in [6.07, 6.45) is 0.308. The molecular weight excluding hydrogens is 210 g/mol. The molecule has 3 rings (SSSR count). The van der Waals surface area contributed by atoms with E-state index in [1.54, 1.807) is 0 Å². The number of aliphatic hydroxyl groups excluding tert-OH is 1. The number of halogens is 1. The highest BCUT2D eigenvalue weighted by molar-refractivity contribution is 5.85. The number of hydrogen-bond donors (Lipinski definition) is 3. The molecule has 0 amide bonds. The van der Waals surface area contributed by atoms with E-state index in [-0.39, 0.29) is 19.0 Å². The van der Waals surface area contributed by atoms with E-state index < -0.39 is 23.1 Å². The van der Waals surface area contributed by atoms with Crippen molar-refractivity contribution >= 4 is 18.4 Å². The van der Waals surface area contributed by atoms with Gasteiger partial charge in [0.2, 0.25) is 0 Å². The summed E-state index contributed by atoms with van der Waals surface area (Å²) in [5.41, 5.74) is 4.15. The molecule has 2 saturated heterocycles. The number of aliphatic hydroxyl groups is 1. The average Bonchev–Trinajstić information content (AvgIpc) is 2.52. The van der Waals surface area contributed by atoms with Crippen molar-refractivity contribution in [2.75, 3.05) is 13.2 Å². The fourth-order valence-electron chi connectivity index (χ4n) is 2.52. The van der Waals surface area contributed by atoms with E-state index in [4.69, 9.17) is 20.7 Å². The molecule has 0 aromatic heterocycles. The normalized spacial score (nSPS) is 44.0. The van der Waals surface area contributed by atoms with Gasteiger partial charge in [-0.1, -0.05) is 0 Å². The van der Waals surface area contributed by atoms with Crippen LogP contribution in [-0.2, 0) is 9.53 Å². The van der Waals surface area contributed by atoms with Crippen molar-refractivity contribution in [1.29, 1.82) is 0 Å². The van der Waals surface area contributed by atoms with E-state index in [1.807, 2.05) is 0 Å². The Morgan fingerprint density at radius 3 is 2.43 bits per heavy atom. The predicted molar refractivity (Wildman–Crippen MR) is 50.3 cm³/mol. The van der Waals surface area contributed by atoms with Crippen molar-refractivity contribution in [3.05, 3.63) is 0 Å². The predicted octanol–water partition coefficient (Wildman–Crippen LogP) is -0.638. The fraction of sp³-hybridized carbons (Fsp3) is 0.875. The zero-order valence-corrected chi connectivity index (χ0v) is 8.42. The van der Waals surface area contributed by atoms with E-state index >= 15 is 0 Å². The summed E-state index contributed by atoms with van der Waals surface area (Å²) >= 11 is 0. The van der Waals surface area contributed by atoms with Crippen molar-refractivity contribution in [2.45, 2.75) is 24.5 Å². The van der Waals surface area contributed by atoms with Gasteiger partial charge in [-0.3, -0.25) is 4.79 Å². The van der Waals surface area contributed by atoms with Crippen LogP contribution >= 0.6 is 12.4 Å². The summed E-state index contributed by atoms with van der Waals surface area (Å²) in [6.45, 7) is 0.0899. The minimum absolute atomic E-state index is 0. The molecule has 1 aliphatic carbocycles. The molecule has 2 aliphatic heterocycles. The van der Waals surface area contributed by atoms with Crippen molar-refractivity contribution in [1.82, 2.24) is 0 Å². The quantitative estimate of drug-likeness (QED) is 0.592. The molecule has 0 aromatic carbocycles. The molecule has 2 heterocycles. The molecule has 1 saturated carbocycles. The Balaban J connectivity index is 0.000000980. The Morgan fingerprint density at radius 2 is 2.14 bits per heavy atom. The molecule has 3 fully saturated rings. The minimum Gasteiger partial charge on any atom is -0.481 e. The summed E-state index contributed by atoms with van der Waals surface area (Å²) in [5, 5.41) is 17.9. The smallest absolute Gasteiger partial charge is 0.312 e. The van der Waals surface area contributed by atoms with Gasteiger partial charge in [0.05, 0.1) is 18.3 Å². The van der Waals surface area contributed by atoms with E-state index in [1.165, 1.54) is 0 Å². The van der Waals surface area contributed by atoms with Crippen LogP contribution < -0.4 is 5.73 Å². The van der Waals surface area contributed by atoms with Crippen LogP contribution in [0.25, 0.3) is 0 Å². The molecular formula is C8H14ClNO4. The number of rotatable bonds is 3. The summed E-state index contributed by atoms with van der Waals surface area (Å²) < 4.78 is 5.43. The standard InChI is InChI=1S/C8H13NO4.ClH/c9-4-7-2-8(3-7,6(11)12)5(1-10)13-7;/h5,10H,1-4,9H2,(H,11,12);1H. The average molecular weight is 224 g/mol. The van der Waals surface area contributed by atoms with Gasteiger partial charge in [-0.25, -0.2) is 0 Å². The summed E-state index contributed by atoms with van der Waals surface area (Å²) in [4.78, 5) is 11.0. The molecule has 2 bridgehead atoms. The van der Waals surface area contributed by atoms with Gasteiger partial charge >= 0.3 is 5.97 Å². The second-order valence-electron chi connectivity index (χ2n) is 3.99. The summed E-state index contributed by atoms with van der Waals surface area (Å²) in [7, 11) is 0. The second-order valence-corrected chi connectivity index (χ2v) is 3.99. The summed E-state index contributed by atoms with van der Waals surface area (Å²) in [6, 6.07) is 0. The third-order valence-electron chi connectivity index (χ3n) is 3.25. The van der Waals surface area contributed by atoms with E-state index in [2.05, 4.69) is 0 Å². The first-order valence-corrected chi connectivity index (χ1v) is 4.31. The molecule has 14 heavy (non-hydrogen) atoms. The molecule has 1 unspecified atom stereocenters. The van der Waals surface area contributed by atoms with Gasteiger partial charge in [0.15, 0.2) is 0 Å². The van der Waals surface area contributed by atoms with Crippen LogP contribution in [0.5, 0.6) is 0 Å². The zero-order valence-electron chi connectivity index (χ0n) is 7.60. The maximum absolute atomic E-state index is 11.0. The molecule has 0 aromatic rings. The molecule has 1 atom stereocenters. The Labute approximate surface area is 87.6 Å². The molecule has 5 nitrogen and oxygen atoms in total. The topological polar surface area (TPSA) is 92.8 Å². The third-order valence-corrected chi connectivity index (χ3v) is 3.25. The second kappa shape index (κ2) is 3.34. The van der Waals surface area contributed by atoms with E-state index in [9.17, 15) is 4.79 Å². The fourth-order valence-corrected chi connectivity index (χ4v) is 2.52. The summed E-state index contributed by atoms with van der Waals surface area (Å²) in [5.74, 6) is -0.881. The van der Waals surface area contributed by atoms with Gasteiger partial charge < -0.3 is 20.7 Å². The lowest BCUT2D eigenvalue weighted by Gasteiger charge is -2.41. The first kappa shape index (κ1) is 11.7. The van der Waals surface area contributed by atoms with Gasteiger partial charge in [0.1, 0.15) is 5.41 Å². The number of hydrogen-bond acceptors (Lipinski definition) is 4. The molecule has 3 aliphatic rings. The largest absolute Gasteiger partial charge is 0.481 e. The molecule has 6 heteroatoms. The van der Waals surface area contributed by atoms with Crippen LogP contribution in [0.15, 0.2) is 0 Å². The van der Waals surface area contributed by atoms with Crippen molar-refractivity contribution in [3.8, 4) is 0 Å². The maximum atomic E-state index is 11.0. The van der Waals surface area contributed by atoms with Gasteiger partial charge in [0.25, 0.3) is 0 Å². The Bertz CT molecular complexity index is 252. The minimum atomic E-state index is -0.881. The number of carboxylic acid groups (broad SMARTS) is 1. The first-order valence-electron chi connectivity index (χ1n) is 4.31. The Kier molecular flexibility index (Phi) is 2.80. The van der Waals surface area contributed by atoms with Crippen LogP contribution in [0, 0.1) is 5.41 Å². The van der Waals surface area contributed by atoms with Gasteiger partial charge in [0, 0.05) is 6.54 Å². The number of aliphatic carboxylic acids is 1. The Morgan fingerprint density at radius 1 is 1.57 bits per heavy atom. The Hall–Kier alpha value is -0.360. The lowest BCUT2D eigenvalue weighted by atomic mass is 9.60. The van der Waals surface area contributed by atoms with Crippen molar-refractivity contribution < 1.29 is 19.7 Å². The number of nitrogens with two attached hydrogens (primary N) is 1. The number of carboxylic acids is 1. The van der Waals surface area contributed by atoms with Gasteiger partial charge in [-0.05, 0) is 12.8 Å². The van der Waals surface area contributed by atoms with Crippen LogP contribution in [0.3, 0.4) is 0 Å². The highest BCUT2D eigenvalue weighted by Crippen LogP contribution is 2.61. The monoisotopic (exact) mass is 223 g/mol. The third kappa shape index (κ3) is 1.16. The van der Waals surface area contributed by atoms with Crippen LogP contribution in [0.4, 0.5) is 0 Å². The van der Waals surface area contributed by atoms with E-state index in [0.717, 1.165) is 0 Å². The lowest BCUT2D eigenvalue weighted by molar-refractivity contribution is -0.155. The van der Waals surface area contributed by atoms with Crippen LogP contribution in [0.2, 0.25) is 0 Å². The zero-order chi connectivity index (χ0) is 9.69.